The Morgan fingerprint density at radius 1 is 1.00 bits per heavy atom. The van der Waals surface area contributed by atoms with Crippen molar-refractivity contribution in [2.24, 2.45) is 0 Å². The van der Waals surface area contributed by atoms with Crippen molar-refractivity contribution in [1.29, 1.82) is 0 Å². The number of aryl methyl sites for hydroxylation is 1. The maximum atomic E-state index is 13.1. The summed E-state index contributed by atoms with van der Waals surface area (Å²) in [6.07, 6.45) is 1.88. The van der Waals surface area contributed by atoms with Gasteiger partial charge in [0.15, 0.2) is 0 Å². The first kappa shape index (κ1) is 18.2. The first-order valence-electron chi connectivity index (χ1n) is 9.35. The highest BCUT2D eigenvalue weighted by Gasteiger charge is 2.28. The monoisotopic (exact) mass is 383 g/mol. The van der Waals surface area contributed by atoms with Crippen LogP contribution in [-0.2, 0) is 6.54 Å². The summed E-state index contributed by atoms with van der Waals surface area (Å²) in [6.45, 7) is 5.74. The highest BCUT2D eigenvalue weighted by molar-refractivity contribution is 5.75. The van der Waals surface area contributed by atoms with Crippen LogP contribution in [0, 0.1) is 12.7 Å². The van der Waals surface area contributed by atoms with E-state index in [1.54, 1.807) is 16.8 Å². The van der Waals surface area contributed by atoms with E-state index in [0.717, 1.165) is 11.4 Å². The first-order valence-corrected chi connectivity index (χ1v) is 9.35. The van der Waals surface area contributed by atoms with Gasteiger partial charge in [-0.15, -0.1) is 0 Å². The van der Waals surface area contributed by atoms with Crippen LogP contribution in [0.15, 0.2) is 46.1 Å². The van der Waals surface area contributed by atoms with Gasteiger partial charge in [-0.25, -0.2) is 4.39 Å². The minimum absolute atomic E-state index is 0.257. The predicted octanol–water partition coefficient (Wildman–Crippen LogP) is 1.37. The molecular formula is C20H22FN5O2. The predicted molar refractivity (Wildman–Crippen MR) is 108 cm³/mol. The molecule has 1 aliphatic rings. The summed E-state index contributed by atoms with van der Waals surface area (Å²) >= 11 is 0. The van der Waals surface area contributed by atoms with Crippen LogP contribution in [0.5, 0.6) is 0 Å². The number of nitrogens with one attached hydrogen (secondary N) is 1. The number of rotatable bonds is 6. The highest BCUT2D eigenvalue weighted by Crippen LogP contribution is 2.23. The fourth-order valence-corrected chi connectivity index (χ4v) is 3.57. The van der Waals surface area contributed by atoms with Crippen molar-refractivity contribution in [1.82, 2.24) is 9.78 Å². The molecule has 8 heteroatoms. The lowest BCUT2D eigenvalue weighted by molar-refractivity contribution is 0.623. The zero-order chi connectivity index (χ0) is 19.7. The Labute approximate surface area is 161 Å². The van der Waals surface area contributed by atoms with Gasteiger partial charge in [-0.1, -0.05) is 0 Å². The average Bonchev–Trinajstić information content (AvgIpc) is 3.13. The van der Waals surface area contributed by atoms with Crippen LogP contribution in [0.2, 0.25) is 0 Å². The molecule has 3 aromatic rings. The van der Waals surface area contributed by atoms with Crippen molar-refractivity contribution in [3.05, 3.63) is 68.5 Å². The highest BCUT2D eigenvalue weighted by atomic mass is 19.1. The lowest BCUT2D eigenvalue weighted by Gasteiger charge is -2.38. The Kier molecular flexibility index (Phi) is 4.85. The van der Waals surface area contributed by atoms with Crippen LogP contribution in [0.4, 0.5) is 21.5 Å². The van der Waals surface area contributed by atoms with Crippen LogP contribution >= 0.6 is 0 Å². The molecule has 2 aromatic carbocycles. The molecule has 0 amide bonds. The van der Waals surface area contributed by atoms with Gasteiger partial charge in [-0.05, 0) is 37.3 Å². The molecule has 0 atom stereocenters. The van der Waals surface area contributed by atoms with Gasteiger partial charge in [0, 0.05) is 44.6 Å². The maximum absolute atomic E-state index is 13.1. The Balaban J connectivity index is 1.37. The number of halogens is 1. The van der Waals surface area contributed by atoms with E-state index in [2.05, 4.69) is 15.3 Å². The summed E-state index contributed by atoms with van der Waals surface area (Å²) in [5, 5.41) is 7.41. The molecule has 0 bridgehead atoms. The molecule has 0 aliphatic carbocycles. The minimum atomic E-state index is -0.451. The van der Waals surface area contributed by atoms with Crippen molar-refractivity contribution in [2.75, 3.05) is 47.8 Å². The van der Waals surface area contributed by atoms with Gasteiger partial charge in [-0.3, -0.25) is 14.3 Å². The SMILES string of the molecule is Cc1ccn(CCNc2c(N3CCN(c4ccc(F)cc4)CC3)c(=O)c2=O)n1. The van der Waals surface area contributed by atoms with Gasteiger partial charge in [0.1, 0.15) is 17.2 Å². The van der Waals surface area contributed by atoms with Gasteiger partial charge in [0.2, 0.25) is 0 Å². The van der Waals surface area contributed by atoms with Crippen LogP contribution in [-0.4, -0.2) is 42.5 Å². The number of hydrogen-bond acceptors (Lipinski definition) is 6. The summed E-state index contributed by atoms with van der Waals surface area (Å²) < 4.78 is 14.9. The molecular weight excluding hydrogens is 361 g/mol. The maximum Gasteiger partial charge on any atom is 0.253 e. The van der Waals surface area contributed by atoms with E-state index < -0.39 is 10.9 Å². The summed E-state index contributed by atoms with van der Waals surface area (Å²) in [4.78, 5) is 28.3. The molecule has 1 fully saturated rings. The van der Waals surface area contributed by atoms with E-state index in [9.17, 15) is 14.0 Å². The Morgan fingerprint density at radius 3 is 2.32 bits per heavy atom. The molecule has 1 saturated heterocycles. The van der Waals surface area contributed by atoms with Crippen LogP contribution in [0.1, 0.15) is 5.69 Å². The van der Waals surface area contributed by atoms with Gasteiger partial charge >= 0.3 is 0 Å². The third-order valence-electron chi connectivity index (χ3n) is 5.09. The topological polar surface area (TPSA) is 70.5 Å². The second kappa shape index (κ2) is 7.46. The molecule has 28 heavy (non-hydrogen) atoms. The van der Waals surface area contributed by atoms with Crippen LogP contribution in [0.25, 0.3) is 0 Å². The number of hydrogen-bond donors (Lipinski definition) is 1. The molecule has 146 valence electrons. The average molecular weight is 383 g/mol. The lowest BCUT2D eigenvalue weighted by atomic mass is 10.1. The number of nitrogens with zero attached hydrogens (tertiary/aromatic N) is 4. The van der Waals surface area contributed by atoms with Crippen molar-refractivity contribution in [2.45, 2.75) is 13.5 Å². The molecule has 0 radical (unpaired) electrons. The van der Waals surface area contributed by atoms with Crippen molar-refractivity contribution < 1.29 is 4.39 Å². The van der Waals surface area contributed by atoms with Gasteiger partial charge in [-0.2, -0.15) is 5.10 Å². The van der Waals surface area contributed by atoms with Crippen molar-refractivity contribution in [3.63, 3.8) is 0 Å². The smallest absolute Gasteiger partial charge is 0.253 e. The quantitative estimate of drug-likeness (QED) is 0.649. The second-order valence-corrected chi connectivity index (χ2v) is 6.98. The molecule has 1 N–H and O–H groups in total. The van der Waals surface area contributed by atoms with E-state index in [4.69, 9.17) is 0 Å². The molecule has 0 spiro atoms. The van der Waals surface area contributed by atoms with Crippen molar-refractivity contribution in [3.8, 4) is 0 Å². The van der Waals surface area contributed by atoms with Gasteiger partial charge < -0.3 is 15.1 Å². The number of piperazine rings is 1. The number of aromatic nitrogens is 2. The molecule has 0 saturated carbocycles. The fraction of sp³-hybridized carbons (Fsp3) is 0.350. The summed E-state index contributed by atoms with van der Waals surface area (Å²) in [5.74, 6) is -0.257. The van der Waals surface area contributed by atoms with E-state index in [0.29, 0.717) is 50.6 Å². The van der Waals surface area contributed by atoms with E-state index >= 15 is 0 Å². The molecule has 1 aliphatic heterocycles. The lowest BCUT2D eigenvalue weighted by Crippen LogP contribution is -2.51. The van der Waals surface area contributed by atoms with E-state index in [1.807, 2.05) is 24.1 Å². The largest absolute Gasteiger partial charge is 0.378 e. The van der Waals surface area contributed by atoms with Crippen molar-refractivity contribution >= 4 is 17.1 Å². The molecule has 4 rings (SSSR count). The fourth-order valence-electron chi connectivity index (χ4n) is 3.57. The summed E-state index contributed by atoms with van der Waals surface area (Å²) in [5.41, 5.74) is 1.91. The molecule has 7 nitrogen and oxygen atoms in total. The number of benzene rings is 1. The summed E-state index contributed by atoms with van der Waals surface area (Å²) in [7, 11) is 0. The Hall–Kier alpha value is -3.16. The zero-order valence-corrected chi connectivity index (χ0v) is 15.7. The summed E-state index contributed by atoms with van der Waals surface area (Å²) in [6, 6.07) is 8.32. The Bertz CT molecular complexity index is 1030. The molecule has 1 aromatic heterocycles. The second-order valence-electron chi connectivity index (χ2n) is 6.98. The minimum Gasteiger partial charge on any atom is -0.378 e. The third-order valence-corrected chi connectivity index (χ3v) is 5.09. The molecule has 2 heterocycles. The van der Waals surface area contributed by atoms with Crippen LogP contribution < -0.4 is 26.0 Å². The van der Waals surface area contributed by atoms with Gasteiger partial charge in [0.25, 0.3) is 10.9 Å². The van der Waals surface area contributed by atoms with Crippen LogP contribution in [0.3, 0.4) is 0 Å². The number of anilines is 3. The zero-order valence-electron chi connectivity index (χ0n) is 15.7. The standard InChI is InChI=1S/C20H22FN5O2/c1-14-6-8-26(23-14)9-7-22-17-18(20(28)19(17)27)25-12-10-24(11-13-25)16-4-2-15(21)3-5-16/h2-6,8,22H,7,9-13H2,1H3. The van der Waals surface area contributed by atoms with E-state index in [1.165, 1.54) is 12.1 Å². The molecule has 0 unspecified atom stereocenters. The van der Waals surface area contributed by atoms with Gasteiger partial charge in [0.05, 0.1) is 12.2 Å². The third kappa shape index (κ3) is 3.49. The Morgan fingerprint density at radius 2 is 1.68 bits per heavy atom. The normalized spacial score (nSPS) is 14.6. The first-order chi connectivity index (χ1) is 13.5. The van der Waals surface area contributed by atoms with E-state index in [-0.39, 0.29) is 5.82 Å².